The molecule has 0 unspecified atom stereocenters. The second-order valence-corrected chi connectivity index (χ2v) is 5.77. The Hall–Kier alpha value is -1.91. The van der Waals surface area contributed by atoms with Crippen LogP contribution in [0.25, 0.3) is 0 Å². The van der Waals surface area contributed by atoms with Crippen LogP contribution in [-0.4, -0.2) is 33.3 Å². The Morgan fingerprint density at radius 1 is 1.38 bits per heavy atom. The van der Waals surface area contributed by atoms with Crippen LogP contribution < -0.4 is 18.0 Å². The SMILES string of the molecule is O=C(c1ccc(O)c(Cl)c1)N1CCOc2ccncc21.[O-][Br+2]([O-])O. The zero-order chi connectivity index (χ0) is 17.7. The van der Waals surface area contributed by atoms with Crippen LogP contribution >= 0.6 is 11.6 Å². The Balaban J connectivity index is 0.000000471. The lowest BCUT2D eigenvalue weighted by Gasteiger charge is -2.29. The van der Waals surface area contributed by atoms with Gasteiger partial charge in [-0.3, -0.25) is 9.78 Å². The third-order valence-corrected chi connectivity index (χ3v) is 3.37. The minimum Gasteiger partial charge on any atom is -0.506 e. The van der Waals surface area contributed by atoms with Crippen molar-refractivity contribution in [3.05, 3.63) is 47.2 Å². The second kappa shape index (κ2) is 8.27. The number of carbonyl (C=O) groups is 1. The quantitative estimate of drug-likeness (QED) is 0.640. The number of fused-ring (bicyclic) bond motifs is 1. The monoisotopic (exact) mass is 418 g/mol. The van der Waals surface area contributed by atoms with E-state index in [1.807, 2.05) is 0 Å². The number of aromatic hydroxyl groups is 1. The highest BCUT2D eigenvalue weighted by Crippen LogP contribution is 2.32. The summed E-state index contributed by atoms with van der Waals surface area (Å²) in [5.41, 5.74) is 1.04. The third kappa shape index (κ3) is 4.56. The van der Waals surface area contributed by atoms with Gasteiger partial charge in [-0.05, 0) is 22.4 Å². The maximum Gasteiger partial charge on any atom is 0.433 e. The fourth-order valence-corrected chi connectivity index (χ4v) is 2.25. The smallest absolute Gasteiger partial charge is 0.433 e. The van der Waals surface area contributed by atoms with Gasteiger partial charge in [0.15, 0.2) is 0 Å². The summed E-state index contributed by atoms with van der Waals surface area (Å²) in [5, 5.41) is 9.56. The van der Waals surface area contributed by atoms with Crippen molar-refractivity contribution in [1.82, 2.24) is 4.98 Å². The molecule has 0 aliphatic carbocycles. The van der Waals surface area contributed by atoms with Crippen LogP contribution in [0.15, 0.2) is 36.7 Å². The number of rotatable bonds is 1. The summed E-state index contributed by atoms with van der Waals surface area (Å²) in [4.78, 5) is 18.1. The van der Waals surface area contributed by atoms with E-state index >= 15 is 0 Å². The molecular formula is C14H12BrClN2O6. The summed E-state index contributed by atoms with van der Waals surface area (Å²) < 4.78 is 29.8. The fraction of sp³-hybridized carbons (Fsp3) is 0.143. The van der Waals surface area contributed by atoms with Crippen molar-refractivity contribution in [3.63, 3.8) is 0 Å². The number of ether oxygens (including phenoxy) is 1. The number of halogens is 2. The van der Waals surface area contributed by atoms with E-state index in [4.69, 9.17) is 28.9 Å². The highest BCUT2D eigenvalue weighted by Gasteiger charge is 2.25. The second-order valence-electron chi connectivity index (χ2n) is 4.52. The molecule has 0 bridgehead atoms. The molecule has 3 rings (SSSR count). The molecule has 1 aromatic carbocycles. The van der Waals surface area contributed by atoms with Gasteiger partial charge in [0.1, 0.15) is 23.8 Å². The summed E-state index contributed by atoms with van der Waals surface area (Å²) in [6.07, 6.45) is 3.21. The molecule has 1 aromatic heterocycles. The number of hydrogen-bond donors (Lipinski definition) is 2. The van der Waals surface area contributed by atoms with Gasteiger partial charge in [0.25, 0.3) is 5.91 Å². The summed E-state index contributed by atoms with van der Waals surface area (Å²) >= 11 is 2.44. The molecule has 2 heterocycles. The standard InChI is InChI=1S/C14H11ClN2O3.BrHO3/c15-10-7-9(1-2-12(10)18)14(19)17-5-6-20-13-3-4-16-8-11(13)17;2-1(3)4/h1-4,7-8,18H,5-6H2;2H. The maximum atomic E-state index is 12.5. The molecule has 1 aliphatic heterocycles. The van der Waals surface area contributed by atoms with Crippen LogP contribution in [0.2, 0.25) is 5.02 Å². The van der Waals surface area contributed by atoms with E-state index in [-0.39, 0.29) is 16.7 Å². The average Bonchev–Trinajstić information content (AvgIpc) is 2.56. The number of phenols is 1. The first kappa shape index (κ1) is 18.4. The molecule has 0 saturated carbocycles. The lowest BCUT2D eigenvalue weighted by molar-refractivity contribution is -1.63. The van der Waals surface area contributed by atoms with Gasteiger partial charge in [-0.2, -0.15) is 0 Å². The van der Waals surface area contributed by atoms with Crippen molar-refractivity contribution >= 4 is 23.2 Å². The van der Waals surface area contributed by atoms with Crippen molar-refractivity contribution in [2.45, 2.75) is 0 Å². The van der Waals surface area contributed by atoms with Gasteiger partial charge in [-0.15, -0.1) is 0 Å². The lowest BCUT2D eigenvalue weighted by atomic mass is 10.1. The Morgan fingerprint density at radius 3 is 2.75 bits per heavy atom. The van der Waals surface area contributed by atoms with E-state index < -0.39 is 14.8 Å². The Kier molecular flexibility index (Phi) is 6.35. The number of anilines is 1. The van der Waals surface area contributed by atoms with Gasteiger partial charge in [-0.25, -0.2) is 0 Å². The van der Waals surface area contributed by atoms with E-state index in [0.717, 1.165) is 0 Å². The van der Waals surface area contributed by atoms with Gasteiger partial charge in [-0.1, -0.05) is 11.6 Å². The number of amides is 1. The normalized spacial score (nSPS) is 12.8. The first-order valence-electron chi connectivity index (χ1n) is 6.52. The lowest BCUT2D eigenvalue weighted by Crippen LogP contribution is -2.38. The van der Waals surface area contributed by atoms with Gasteiger partial charge in [0.05, 0.1) is 17.8 Å². The van der Waals surface area contributed by atoms with Crippen molar-refractivity contribution in [2.75, 3.05) is 18.1 Å². The van der Waals surface area contributed by atoms with Crippen molar-refractivity contribution in [2.24, 2.45) is 0 Å². The van der Waals surface area contributed by atoms with Gasteiger partial charge >= 0.3 is 14.8 Å². The Labute approximate surface area is 147 Å². The van der Waals surface area contributed by atoms with Crippen LogP contribution in [0, 0.1) is 14.8 Å². The molecule has 1 amide bonds. The summed E-state index contributed by atoms with van der Waals surface area (Å²) in [6, 6.07) is 6.11. The molecule has 0 radical (unpaired) electrons. The number of carbonyl (C=O) groups excluding carboxylic acids is 1. The molecule has 10 heteroatoms. The zero-order valence-electron chi connectivity index (χ0n) is 12.1. The van der Waals surface area contributed by atoms with Crippen molar-refractivity contribution in [3.8, 4) is 11.5 Å². The summed E-state index contributed by atoms with van der Waals surface area (Å²) in [7, 11) is 0. The molecule has 0 atom stereocenters. The van der Waals surface area contributed by atoms with Crippen LogP contribution in [0.3, 0.4) is 0 Å². The van der Waals surface area contributed by atoms with Crippen LogP contribution in [-0.2, 0) is 0 Å². The number of phenolic OH excluding ortho intramolecular Hbond substituents is 1. The molecular weight excluding hydrogens is 408 g/mol. The maximum absolute atomic E-state index is 12.5. The molecule has 0 fully saturated rings. The Bertz CT molecular complexity index is 727. The third-order valence-electron chi connectivity index (χ3n) is 3.06. The van der Waals surface area contributed by atoms with Crippen molar-refractivity contribution < 1.29 is 42.0 Å². The molecule has 2 N–H and O–H groups in total. The molecule has 1 aliphatic rings. The predicted molar refractivity (Wildman–Crippen MR) is 76.7 cm³/mol. The van der Waals surface area contributed by atoms with Gasteiger partial charge in [0, 0.05) is 17.8 Å². The zero-order valence-corrected chi connectivity index (χ0v) is 14.4. The minimum absolute atomic E-state index is 0.0488. The molecule has 8 nitrogen and oxygen atoms in total. The first-order valence-corrected chi connectivity index (χ1v) is 8.90. The molecule has 2 aromatic rings. The van der Waals surface area contributed by atoms with E-state index in [1.54, 1.807) is 23.4 Å². The molecule has 24 heavy (non-hydrogen) atoms. The summed E-state index contributed by atoms with van der Waals surface area (Å²) in [5.74, 6) is 0.376. The number of nitrogens with zero attached hydrogens (tertiary/aromatic N) is 2. The van der Waals surface area contributed by atoms with Crippen LogP contribution in [0.4, 0.5) is 5.69 Å². The average molecular weight is 420 g/mol. The number of hydrogen-bond acceptors (Lipinski definition) is 7. The fourth-order valence-electron chi connectivity index (χ4n) is 2.07. The predicted octanol–water partition coefficient (Wildman–Crippen LogP) is -0.455. The van der Waals surface area contributed by atoms with Crippen LogP contribution in [0.1, 0.15) is 10.4 Å². The minimum atomic E-state index is -3.40. The number of pyridine rings is 1. The number of benzene rings is 1. The Morgan fingerprint density at radius 2 is 2.08 bits per heavy atom. The largest absolute Gasteiger partial charge is 0.506 e. The first-order chi connectivity index (χ1) is 11.4. The van der Waals surface area contributed by atoms with Gasteiger partial charge < -0.3 is 23.1 Å². The molecule has 0 spiro atoms. The van der Waals surface area contributed by atoms with E-state index in [2.05, 4.69) is 4.98 Å². The number of aromatic nitrogens is 1. The molecule has 0 saturated heterocycles. The highest BCUT2D eigenvalue weighted by atomic mass is 80.0. The van der Waals surface area contributed by atoms with Crippen molar-refractivity contribution in [1.29, 1.82) is 0 Å². The van der Waals surface area contributed by atoms with E-state index in [9.17, 15) is 9.90 Å². The molecule has 128 valence electrons. The van der Waals surface area contributed by atoms with E-state index in [1.165, 1.54) is 18.2 Å². The van der Waals surface area contributed by atoms with Crippen LogP contribution in [0.5, 0.6) is 11.5 Å². The summed E-state index contributed by atoms with van der Waals surface area (Å²) in [6.45, 7) is 0.866. The van der Waals surface area contributed by atoms with E-state index in [0.29, 0.717) is 30.2 Å². The van der Waals surface area contributed by atoms with Gasteiger partial charge in [0.2, 0.25) is 0 Å². The highest BCUT2D eigenvalue weighted by molar-refractivity contribution is 6.32. The topological polar surface area (TPSA) is 129 Å².